The van der Waals surface area contributed by atoms with Crippen LogP contribution in [0.25, 0.3) is 12.2 Å². The Morgan fingerprint density at radius 2 is 1.72 bits per heavy atom. The van der Waals surface area contributed by atoms with Gasteiger partial charge in [-0.15, -0.1) is 0 Å². The van der Waals surface area contributed by atoms with Gasteiger partial charge in [-0.05, 0) is 47.5 Å². The number of phenols is 1. The highest BCUT2D eigenvalue weighted by atomic mass is 16.5. The van der Waals surface area contributed by atoms with Crippen molar-refractivity contribution in [2.45, 2.75) is 0 Å². The highest BCUT2D eigenvalue weighted by Crippen LogP contribution is 2.26. The number of allylic oxidation sites excluding steroid dienone is 2. The van der Waals surface area contributed by atoms with Crippen LogP contribution < -0.4 is 9.47 Å². The zero-order chi connectivity index (χ0) is 18.1. The molecule has 0 saturated heterocycles. The molecule has 0 bridgehead atoms. The van der Waals surface area contributed by atoms with Gasteiger partial charge in [0.05, 0.1) is 7.11 Å². The van der Waals surface area contributed by atoms with Crippen molar-refractivity contribution >= 4 is 17.9 Å². The third kappa shape index (κ3) is 5.70. The van der Waals surface area contributed by atoms with Crippen LogP contribution in [-0.4, -0.2) is 24.6 Å². The first kappa shape index (κ1) is 18.1. The van der Waals surface area contributed by atoms with E-state index in [0.29, 0.717) is 12.4 Å². The van der Waals surface area contributed by atoms with Crippen LogP contribution in [0.1, 0.15) is 11.1 Å². The molecule has 4 heteroatoms. The van der Waals surface area contributed by atoms with Crippen LogP contribution in [0.2, 0.25) is 0 Å². The molecule has 0 aromatic heterocycles. The van der Waals surface area contributed by atoms with E-state index in [9.17, 15) is 9.90 Å². The molecule has 128 valence electrons. The number of rotatable bonds is 8. The van der Waals surface area contributed by atoms with Crippen LogP contribution in [0.4, 0.5) is 0 Å². The van der Waals surface area contributed by atoms with E-state index in [4.69, 9.17) is 9.47 Å². The highest BCUT2D eigenvalue weighted by Gasteiger charge is 2.00. The Morgan fingerprint density at radius 1 is 1.08 bits per heavy atom. The van der Waals surface area contributed by atoms with Crippen molar-refractivity contribution in [2.24, 2.45) is 0 Å². The van der Waals surface area contributed by atoms with Crippen LogP contribution in [0.3, 0.4) is 0 Å². The summed E-state index contributed by atoms with van der Waals surface area (Å²) in [5.41, 5.74) is 1.67. The Labute approximate surface area is 147 Å². The van der Waals surface area contributed by atoms with Crippen molar-refractivity contribution in [2.75, 3.05) is 13.7 Å². The molecule has 4 nitrogen and oxygen atoms in total. The molecule has 0 spiro atoms. The molecule has 0 fully saturated rings. The molecule has 0 heterocycles. The molecule has 2 aromatic carbocycles. The summed E-state index contributed by atoms with van der Waals surface area (Å²) < 4.78 is 10.4. The molecule has 25 heavy (non-hydrogen) atoms. The number of methoxy groups -OCH3 is 1. The van der Waals surface area contributed by atoms with E-state index in [0.717, 1.165) is 16.9 Å². The highest BCUT2D eigenvalue weighted by molar-refractivity contribution is 6.04. The molecular weight excluding hydrogens is 316 g/mol. The Balaban J connectivity index is 1.97. The normalized spacial score (nSPS) is 10.9. The molecule has 1 N–H and O–H groups in total. The summed E-state index contributed by atoms with van der Waals surface area (Å²) in [4.78, 5) is 11.9. The summed E-state index contributed by atoms with van der Waals surface area (Å²) >= 11 is 0. The van der Waals surface area contributed by atoms with Crippen molar-refractivity contribution in [1.82, 2.24) is 0 Å². The zero-order valence-corrected chi connectivity index (χ0v) is 14.0. The number of ether oxygens (including phenoxy) is 2. The van der Waals surface area contributed by atoms with Crippen LogP contribution in [0.5, 0.6) is 17.2 Å². The van der Waals surface area contributed by atoms with E-state index in [1.54, 1.807) is 30.4 Å². The van der Waals surface area contributed by atoms with Crippen LogP contribution >= 0.6 is 0 Å². The number of hydrogen-bond acceptors (Lipinski definition) is 4. The quantitative estimate of drug-likeness (QED) is 0.578. The fraction of sp³-hybridized carbons (Fsp3) is 0.0952. The number of phenolic OH excluding ortho intramolecular Hbond substituents is 1. The summed E-state index contributed by atoms with van der Waals surface area (Å²) in [6.45, 7) is 4.05. The first-order valence-corrected chi connectivity index (χ1v) is 7.73. The minimum atomic E-state index is -0.140. The predicted molar refractivity (Wildman–Crippen MR) is 99.9 cm³/mol. The maximum Gasteiger partial charge on any atom is 0.178 e. The van der Waals surface area contributed by atoms with Crippen molar-refractivity contribution in [3.63, 3.8) is 0 Å². The Bertz CT molecular complexity index is 786. The molecule has 0 aliphatic carbocycles. The minimum Gasteiger partial charge on any atom is -0.504 e. The fourth-order valence-electron chi connectivity index (χ4n) is 2.04. The van der Waals surface area contributed by atoms with Crippen LogP contribution in [0, 0.1) is 0 Å². The van der Waals surface area contributed by atoms with Gasteiger partial charge < -0.3 is 14.6 Å². The largest absolute Gasteiger partial charge is 0.504 e. The fourth-order valence-corrected chi connectivity index (χ4v) is 2.04. The van der Waals surface area contributed by atoms with Gasteiger partial charge in [0.1, 0.15) is 12.4 Å². The second kappa shape index (κ2) is 9.13. The lowest BCUT2D eigenvalue weighted by atomic mass is 10.1. The Kier molecular flexibility index (Phi) is 6.60. The molecule has 2 rings (SSSR count). The second-order valence-electron chi connectivity index (χ2n) is 5.17. The number of aromatic hydroxyl groups is 1. The topological polar surface area (TPSA) is 55.8 Å². The van der Waals surface area contributed by atoms with Gasteiger partial charge in [0.15, 0.2) is 17.3 Å². The summed E-state index contributed by atoms with van der Waals surface area (Å²) in [7, 11) is 1.48. The maximum absolute atomic E-state index is 11.9. The smallest absolute Gasteiger partial charge is 0.178 e. The molecule has 0 unspecified atom stereocenters. The third-order valence-electron chi connectivity index (χ3n) is 3.33. The van der Waals surface area contributed by atoms with Gasteiger partial charge in [-0.1, -0.05) is 43.0 Å². The molecule has 2 aromatic rings. The predicted octanol–water partition coefficient (Wildman–Crippen LogP) is 4.26. The van der Waals surface area contributed by atoms with Gasteiger partial charge in [-0.3, -0.25) is 4.79 Å². The van der Waals surface area contributed by atoms with Crippen LogP contribution in [0.15, 0.2) is 67.3 Å². The molecule has 0 atom stereocenters. The lowest BCUT2D eigenvalue weighted by Crippen LogP contribution is -1.92. The van der Waals surface area contributed by atoms with Crippen molar-refractivity contribution in [3.05, 3.63) is 78.4 Å². The van der Waals surface area contributed by atoms with Crippen LogP contribution in [-0.2, 0) is 4.79 Å². The van der Waals surface area contributed by atoms with E-state index in [-0.39, 0.29) is 11.5 Å². The lowest BCUT2D eigenvalue weighted by molar-refractivity contribution is -0.110. The molecular formula is C21H20O4. The average molecular weight is 336 g/mol. The summed E-state index contributed by atoms with van der Waals surface area (Å²) in [6.07, 6.45) is 8.04. The number of benzene rings is 2. The SMILES string of the molecule is C=CCOc1ccc(/C=C/C(=O)/C=C/c2ccc(O)c(OC)c2)cc1. The summed E-state index contributed by atoms with van der Waals surface area (Å²) in [5, 5.41) is 9.55. The number of ketones is 1. The molecule has 0 radical (unpaired) electrons. The molecule has 0 saturated carbocycles. The maximum atomic E-state index is 11.9. The first-order valence-electron chi connectivity index (χ1n) is 7.73. The Morgan fingerprint density at radius 3 is 2.36 bits per heavy atom. The van der Waals surface area contributed by atoms with Gasteiger partial charge in [-0.2, -0.15) is 0 Å². The first-order chi connectivity index (χ1) is 12.1. The summed E-state index contributed by atoms with van der Waals surface area (Å²) in [6, 6.07) is 12.3. The molecule has 0 amide bonds. The van der Waals surface area contributed by atoms with Gasteiger partial charge in [0.2, 0.25) is 0 Å². The molecule has 0 aliphatic heterocycles. The van der Waals surface area contributed by atoms with Gasteiger partial charge in [0.25, 0.3) is 0 Å². The number of carbonyl (C=O) groups is 1. The van der Waals surface area contributed by atoms with Gasteiger partial charge in [0, 0.05) is 0 Å². The van der Waals surface area contributed by atoms with Crippen molar-refractivity contribution < 1.29 is 19.4 Å². The Hall–Kier alpha value is -3.27. The standard InChI is InChI=1S/C21H20O4/c1-3-14-25-19-11-6-16(7-12-19)4-9-18(22)10-5-17-8-13-20(23)21(15-17)24-2/h3-13,15,23H,1,14H2,2H3/b9-4+,10-5+. The van der Waals surface area contributed by atoms with Gasteiger partial charge in [-0.25, -0.2) is 0 Å². The second-order valence-corrected chi connectivity index (χ2v) is 5.17. The average Bonchev–Trinajstić information content (AvgIpc) is 2.64. The minimum absolute atomic E-state index is 0.0615. The van der Waals surface area contributed by atoms with E-state index in [2.05, 4.69) is 6.58 Å². The zero-order valence-electron chi connectivity index (χ0n) is 14.0. The van der Waals surface area contributed by atoms with E-state index in [1.807, 2.05) is 24.3 Å². The van der Waals surface area contributed by atoms with E-state index >= 15 is 0 Å². The lowest BCUT2D eigenvalue weighted by Gasteiger charge is -2.03. The van der Waals surface area contributed by atoms with E-state index in [1.165, 1.54) is 25.3 Å². The number of hydrogen-bond donors (Lipinski definition) is 1. The van der Waals surface area contributed by atoms with Crippen molar-refractivity contribution in [3.8, 4) is 17.2 Å². The number of carbonyl (C=O) groups excluding carboxylic acids is 1. The molecule has 0 aliphatic rings. The van der Waals surface area contributed by atoms with E-state index < -0.39 is 0 Å². The third-order valence-corrected chi connectivity index (χ3v) is 3.33. The van der Waals surface area contributed by atoms with Crippen molar-refractivity contribution in [1.29, 1.82) is 0 Å². The monoisotopic (exact) mass is 336 g/mol. The van der Waals surface area contributed by atoms with Gasteiger partial charge >= 0.3 is 0 Å². The summed E-state index contributed by atoms with van der Waals surface area (Å²) in [5.74, 6) is 1.04.